The molecular weight excluding hydrogens is 282 g/mol. The van der Waals surface area contributed by atoms with Crippen LogP contribution in [0, 0.1) is 0 Å². The van der Waals surface area contributed by atoms with E-state index in [0.29, 0.717) is 19.4 Å². The molecule has 0 bridgehead atoms. The van der Waals surface area contributed by atoms with E-state index < -0.39 is 11.7 Å². The molecule has 2 N–H and O–H groups in total. The van der Waals surface area contributed by atoms with Crippen LogP contribution < -0.4 is 0 Å². The highest BCUT2D eigenvalue weighted by molar-refractivity contribution is 5.70. The molecule has 22 heavy (non-hydrogen) atoms. The lowest BCUT2D eigenvalue weighted by Crippen LogP contribution is -2.54. The van der Waals surface area contributed by atoms with E-state index in [0.717, 1.165) is 16.8 Å². The standard InChI is InChI=1S/C16H17N3O3/c20-15(21)18-7-3-6-16(22,9-18)14-12-5-2-1-4-11(12)13-8-17-10-19(13)14/h1-2,4-5,8,10,14,22H,3,6-7,9H2,(H,20,21). The van der Waals surface area contributed by atoms with Gasteiger partial charge in [0.1, 0.15) is 5.60 Å². The Labute approximate surface area is 127 Å². The Hall–Kier alpha value is -2.34. The second-order valence-electron chi connectivity index (χ2n) is 6.09. The predicted octanol–water partition coefficient (Wildman–Crippen LogP) is 1.96. The molecule has 2 aliphatic rings. The first kappa shape index (κ1) is 13.3. The molecule has 2 aliphatic heterocycles. The minimum atomic E-state index is -1.11. The van der Waals surface area contributed by atoms with E-state index >= 15 is 0 Å². The highest BCUT2D eigenvalue weighted by Gasteiger charge is 2.47. The van der Waals surface area contributed by atoms with Crippen molar-refractivity contribution in [2.75, 3.05) is 13.1 Å². The van der Waals surface area contributed by atoms with E-state index in [-0.39, 0.29) is 12.6 Å². The van der Waals surface area contributed by atoms with Crippen molar-refractivity contribution in [2.45, 2.75) is 24.5 Å². The van der Waals surface area contributed by atoms with Crippen LogP contribution in [-0.4, -0.2) is 49.4 Å². The maximum absolute atomic E-state index is 11.3. The summed E-state index contributed by atoms with van der Waals surface area (Å²) in [6.45, 7) is 0.599. The van der Waals surface area contributed by atoms with E-state index in [1.54, 1.807) is 12.5 Å². The highest BCUT2D eigenvalue weighted by atomic mass is 16.4. The van der Waals surface area contributed by atoms with Crippen LogP contribution in [0.5, 0.6) is 0 Å². The number of aliphatic hydroxyl groups is 1. The van der Waals surface area contributed by atoms with E-state index in [4.69, 9.17) is 0 Å². The molecule has 0 saturated carbocycles. The van der Waals surface area contributed by atoms with E-state index in [1.165, 1.54) is 4.90 Å². The van der Waals surface area contributed by atoms with Crippen molar-refractivity contribution in [1.29, 1.82) is 0 Å². The highest BCUT2D eigenvalue weighted by Crippen LogP contribution is 2.46. The molecule has 0 aliphatic carbocycles. The molecule has 2 unspecified atom stereocenters. The molecule has 6 heteroatoms. The molecule has 1 amide bonds. The Kier molecular flexibility index (Phi) is 2.77. The van der Waals surface area contributed by atoms with Gasteiger partial charge in [0, 0.05) is 12.1 Å². The molecule has 6 nitrogen and oxygen atoms in total. The lowest BCUT2D eigenvalue weighted by Gasteiger charge is -2.42. The Bertz CT molecular complexity index is 742. The van der Waals surface area contributed by atoms with E-state index in [2.05, 4.69) is 4.98 Å². The first-order valence-electron chi connectivity index (χ1n) is 7.41. The number of aromatic nitrogens is 2. The molecule has 1 aromatic carbocycles. The largest absolute Gasteiger partial charge is 0.465 e. The first-order valence-corrected chi connectivity index (χ1v) is 7.41. The number of β-amino-alcohol motifs (C(OH)–C–C–N with tert-alkyl or cyclic N) is 1. The summed E-state index contributed by atoms with van der Waals surface area (Å²) in [7, 11) is 0. The van der Waals surface area contributed by atoms with Crippen LogP contribution in [0.25, 0.3) is 11.3 Å². The van der Waals surface area contributed by atoms with Crippen LogP contribution in [0.3, 0.4) is 0 Å². The van der Waals surface area contributed by atoms with Crippen molar-refractivity contribution in [1.82, 2.24) is 14.5 Å². The number of hydrogen-bond donors (Lipinski definition) is 2. The monoisotopic (exact) mass is 299 g/mol. The van der Waals surface area contributed by atoms with Crippen LogP contribution in [0.15, 0.2) is 36.8 Å². The molecule has 4 rings (SSSR count). The molecule has 0 spiro atoms. The Morgan fingerprint density at radius 2 is 2.18 bits per heavy atom. The minimum Gasteiger partial charge on any atom is -0.465 e. The number of carboxylic acid groups (broad SMARTS) is 1. The summed E-state index contributed by atoms with van der Waals surface area (Å²) >= 11 is 0. The van der Waals surface area contributed by atoms with Crippen molar-refractivity contribution in [3.8, 4) is 11.3 Å². The summed E-state index contributed by atoms with van der Waals surface area (Å²) in [5, 5.41) is 20.5. The topological polar surface area (TPSA) is 78.6 Å². The van der Waals surface area contributed by atoms with E-state index in [1.807, 2.05) is 28.8 Å². The summed E-state index contributed by atoms with van der Waals surface area (Å²) in [5.41, 5.74) is 1.96. The average molecular weight is 299 g/mol. The number of hydrogen-bond acceptors (Lipinski definition) is 3. The molecule has 114 valence electrons. The fourth-order valence-corrected chi connectivity index (χ4v) is 3.84. The second kappa shape index (κ2) is 4.58. The third kappa shape index (κ3) is 1.77. The van der Waals surface area contributed by atoms with Gasteiger partial charge in [-0.1, -0.05) is 24.3 Å². The number of imidazole rings is 1. The maximum atomic E-state index is 11.3. The fraction of sp³-hybridized carbons (Fsp3) is 0.375. The van der Waals surface area contributed by atoms with Gasteiger partial charge in [-0.25, -0.2) is 9.78 Å². The number of amides is 1. The van der Waals surface area contributed by atoms with Crippen LogP contribution in [0.4, 0.5) is 4.79 Å². The van der Waals surface area contributed by atoms with Crippen molar-refractivity contribution >= 4 is 6.09 Å². The van der Waals surface area contributed by atoms with Gasteiger partial charge in [0.25, 0.3) is 0 Å². The Morgan fingerprint density at radius 1 is 1.36 bits per heavy atom. The summed E-state index contributed by atoms with van der Waals surface area (Å²) < 4.78 is 1.97. The summed E-state index contributed by atoms with van der Waals surface area (Å²) in [6.07, 6.45) is 3.77. The summed E-state index contributed by atoms with van der Waals surface area (Å²) in [4.78, 5) is 16.8. The quantitative estimate of drug-likeness (QED) is 0.843. The maximum Gasteiger partial charge on any atom is 0.407 e. The molecule has 0 radical (unpaired) electrons. The van der Waals surface area contributed by atoms with Gasteiger partial charge in [0.05, 0.1) is 30.8 Å². The fourth-order valence-electron chi connectivity index (χ4n) is 3.84. The number of rotatable bonds is 1. The van der Waals surface area contributed by atoms with Crippen molar-refractivity contribution in [2.24, 2.45) is 0 Å². The molecule has 2 atom stereocenters. The molecule has 1 fully saturated rings. The lowest BCUT2D eigenvalue weighted by molar-refractivity contribution is -0.0509. The number of benzene rings is 1. The average Bonchev–Trinajstić information content (AvgIpc) is 3.07. The number of piperidine rings is 1. The van der Waals surface area contributed by atoms with Crippen LogP contribution in [0.2, 0.25) is 0 Å². The van der Waals surface area contributed by atoms with Gasteiger partial charge in [-0.15, -0.1) is 0 Å². The smallest absolute Gasteiger partial charge is 0.407 e. The number of fused-ring (bicyclic) bond motifs is 3. The van der Waals surface area contributed by atoms with Gasteiger partial charge < -0.3 is 19.7 Å². The Balaban J connectivity index is 1.81. The Morgan fingerprint density at radius 3 is 3.00 bits per heavy atom. The van der Waals surface area contributed by atoms with Crippen molar-refractivity contribution in [3.05, 3.63) is 42.4 Å². The van der Waals surface area contributed by atoms with Gasteiger partial charge in [0.15, 0.2) is 0 Å². The zero-order chi connectivity index (χ0) is 15.3. The third-order valence-corrected chi connectivity index (χ3v) is 4.76. The van der Waals surface area contributed by atoms with Crippen LogP contribution in [-0.2, 0) is 0 Å². The zero-order valence-corrected chi connectivity index (χ0v) is 12.0. The van der Waals surface area contributed by atoms with Gasteiger partial charge in [-0.2, -0.15) is 0 Å². The number of carbonyl (C=O) groups is 1. The molecular formula is C16H17N3O3. The normalized spacial score (nSPS) is 26.6. The molecule has 3 heterocycles. The number of nitrogens with zero attached hydrogens (tertiary/aromatic N) is 3. The number of likely N-dealkylation sites (tertiary alicyclic amines) is 1. The van der Waals surface area contributed by atoms with Crippen LogP contribution in [0.1, 0.15) is 24.4 Å². The molecule has 1 aromatic heterocycles. The second-order valence-corrected chi connectivity index (χ2v) is 6.09. The zero-order valence-electron chi connectivity index (χ0n) is 12.0. The van der Waals surface area contributed by atoms with Gasteiger partial charge in [-0.3, -0.25) is 0 Å². The summed E-state index contributed by atoms with van der Waals surface area (Å²) in [5.74, 6) is 0. The SMILES string of the molecule is O=C(O)N1CCCC(O)(C2c3ccccc3-c3cncn32)C1. The molecule has 2 aromatic rings. The lowest BCUT2D eigenvalue weighted by atomic mass is 9.82. The van der Waals surface area contributed by atoms with Gasteiger partial charge in [0.2, 0.25) is 0 Å². The summed E-state index contributed by atoms with van der Waals surface area (Å²) in [6, 6.07) is 7.65. The first-order chi connectivity index (χ1) is 10.6. The van der Waals surface area contributed by atoms with Gasteiger partial charge in [-0.05, 0) is 18.4 Å². The van der Waals surface area contributed by atoms with E-state index in [9.17, 15) is 15.0 Å². The van der Waals surface area contributed by atoms with Crippen LogP contribution >= 0.6 is 0 Å². The third-order valence-electron chi connectivity index (χ3n) is 4.76. The predicted molar refractivity (Wildman–Crippen MR) is 79.6 cm³/mol. The minimum absolute atomic E-state index is 0.124. The van der Waals surface area contributed by atoms with Crippen molar-refractivity contribution in [3.63, 3.8) is 0 Å². The molecule has 1 saturated heterocycles. The van der Waals surface area contributed by atoms with Crippen molar-refractivity contribution < 1.29 is 15.0 Å². The van der Waals surface area contributed by atoms with Gasteiger partial charge >= 0.3 is 6.09 Å².